The van der Waals surface area contributed by atoms with Crippen LogP contribution in [0, 0.1) is 5.82 Å². The summed E-state index contributed by atoms with van der Waals surface area (Å²) in [5, 5.41) is 2.47. The van der Waals surface area contributed by atoms with Crippen molar-refractivity contribution in [3.8, 4) is 0 Å². The van der Waals surface area contributed by atoms with Gasteiger partial charge in [0.2, 0.25) is 0 Å². The molecule has 0 aliphatic rings. The molecule has 1 amide bonds. The molecule has 0 radical (unpaired) electrons. The Morgan fingerprint density at radius 1 is 1.16 bits per heavy atom. The monoisotopic (exact) mass is 385 g/mol. The minimum absolute atomic E-state index is 0.0539. The van der Waals surface area contributed by atoms with Crippen molar-refractivity contribution in [3.05, 3.63) is 58.9 Å². The van der Waals surface area contributed by atoms with Crippen LogP contribution in [0.25, 0.3) is 0 Å². The molecule has 0 saturated carbocycles. The molecule has 0 aliphatic carbocycles. The maximum atomic E-state index is 13.5. The highest BCUT2D eigenvalue weighted by Gasteiger charge is 2.14. The molecule has 0 spiro atoms. The molecule has 0 aromatic heterocycles. The van der Waals surface area contributed by atoms with Crippen molar-refractivity contribution in [2.24, 2.45) is 0 Å². The summed E-state index contributed by atoms with van der Waals surface area (Å²) in [6, 6.07) is 8.70. The summed E-state index contributed by atoms with van der Waals surface area (Å²) in [7, 11) is -3.38. The number of nitrogens with one attached hydrogen (secondary N) is 1. The zero-order valence-electron chi connectivity index (χ0n) is 13.0. The first-order valence-corrected chi connectivity index (χ1v) is 9.16. The fourth-order valence-electron chi connectivity index (χ4n) is 1.83. The van der Waals surface area contributed by atoms with Crippen molar-refractivity contribution in [1.82, 2.24) is 0 Å². The summed E-state index contributed by atoms with van der Waals surface area (Å²) in [5.74, 6) is -2.25. The van der Waals surface area contributed by atoms with E-state index in [2.05, 4.69) is 5.32 Å². The van der Waals surface area contributed by atoms with Crippen molar-refractivity contribution in [2.45, 2.75) is 4.90 Å². The molecule has 6 nitrogen and oxygen atoms in total. The van der Waals surface area contributed by atoms with Crippen LogP contribution in [0.3, 0.4) is 0 Å². The molecule has 0 unspecified atom stereocenters. The van der Waals surface area contributed by atoms with Gasteiger partial charge in [-0.1, -0.05) is 11.6 Å². The fourth-order valence-corrected chi connectivity index (χ4v) is 2.63. The number of amides is 1. The number of anilines is 1. The molecule has 0 saturated heterocycles. The Kier molecular flexibility index (Phi) is 5.76. The van der Waals surface area contributed by atoms with Crippen LogP contribution < -0.4 is 5.32 Å². The van der Waals surface area contributed by atoms with Crippen LogP contribution in [0.2, 0.25) is 5.02 Å². The summed E-state index contributed by atoms with van der Waals surface area (Å²) >= 11 is 5.71. The standard InChI is InChI=1S/C16H13ClFNO5S/c1-25(22,23)12-5-2-10(3-6-12)16(21)24-9-15(20)19-14-8-11(17)4-7-13(14)18/h2-8H,9H2,1H3,(H,19,20). The van der Waals surface area contributed by atoms with E-state index in [1.54, 1.807) is 0 Å². The van der Waals surface area contributed by atoms with Gasteiger partial charge in [0.15, 0.2) is 16.4 Å². The first-order chi connectivity index (χ1) is 11.7. The van der Waals surface area contributed by atoms with Crippen molar-refractivity contribution >= 4 is 39.0 Å². The average Bonchev–Trinajstić information content (AvgIpc) is 2.55. The van der Waals surface area contributed by atoms with Crippen LogP contribution in [0.5, 0.6) is 0 Å². The number of esters is 1. The number of hydrogen-bond acceptors (Lipinski definition) is 5. The lowest BCUT2D eigenvalue weighted by molar-refractivity contribution is -0.119. The second kappa shape index (κ2) is 7.62. The van der Waals surface area contributed by atoms with E-state index < -0.39 is 34.1 Å². The van der Waals surface area contributed by atoms with E-state index >= 15 is 0 Å². The summed E-state index contributed by atoms with van der Waals surface area (Å²) in [4.78, 5) is 23.6. The Morgan fingerprint density at radius 3 is 2.40 bits per heavy atom. The first-order valence-electron chi connectivity index (χ1n) is 6.89. The van der Waals surface area contributed by atoms with Gasteiger partial charge in [-0.25, -0.2) is 17.6 Å². The molecule has 2 aromatic rings. The zero-order valence-corrected chi connectivity index (χ0v) is 14.5. The number of hydrogen-bond donors (Lipinski definition) is 1. The predicted molar refractivity (Wildman–Crippen MR) is 89.9 cm³/mol. The van der Waals surface area contributed by atoms with Gasteiger partial charge in [0.1, 0.15) is 5.82 Å². The summed E-state index contributed by atoms with van der Waals surface area (Å²) < 4.78 is 41.0. The minimum atomic E-state index is -3.38. The Hall–Kier alpha value is -2.45. The largest absolute Gasteiger partial charge is 0.452 e. The lowest BCUT2D eigenvalue weighted by Crippen LogP contribution is -2.21. The molecule has 132 valence electrons. The number of carbonyl (C=O) groups is 2. The highest BCUT2D eigenvalue weighted by atomic mass is 35.5. The third-order valence-corrected chi connectivity index (χ3v) is 4.42. The van der Waals surface area contributed by atoms with E-state index in [1.807, 2.05) is 0 Å². The number of sulfone groups is 1. The lowest BCUT2D eigenvalue weighted by Gasteiger charge is -2.08. The fraction of sp³-hybridized carbons (Fsp3) is 0.125. The first kappa shape index (κ1) is 18.9. The van der Waals surface area contributed by atoms with Gasteiger partial charge in [-0.15, -0.1) is 0 Å². The molecule has 0 aliphatic heterocycles. The van der Waals surface area contributed by atoms with Crippen molar-refractivity contribution < 1.29 is 27.1 Å². The predicted octanol–water partition coefficient (Wildman–Crippen LogP) is 2.68. The summed E-state index contributed by atoms with van der Waals surface area (Å²) in [5.41, 5.74) is -0.0554. The molecule has 1 N–H and O–H groups in total. The molecule has 2 rings (SSSR count). The van der Waals surface area contributed by atoms with Gasteiger partial charge in [-0.3, -0.25) is 4.79 Å². The SMILES string of the molecule is CS(=O)(=O)c1ccc(C(=O)OCC(=O)Nc2cc(Cl)ccc2F)cc1. The lowest BCUT2D eigenvalue weighted by atomic mass is 10.2. The van der Waals surface area contributed by atoms with Crippen LogP contribution in [0.1, 0.15) is 10.4 Å². The van der Waals surface area contributed by atoms with Crippen molar-refractivity contribution in [3.63, 3.8) is 0 Å². The van der Waals surface area contributed by atoms with Gasteiger partial charge in [0, 0.05) is 11.3 Å². The van der Waals surface area contributed by atoms with Crippen LogP contribution in [0.15, 0.2) is 47.4 Å². The topological polar surface area (TPSA) is 89.5 Å². The molecule has 25 heavy (non-hydrogen) atoms. The molecule has 0 atom stereocenters. The molecule has 0 bridgehead atoms. The third-order valence-electron chi connectivity index (χ3n) is 3.06. The van der Waals surface area contributed by atoms with Crippen LogP contribution in [0.4, 0.5) is 10.1 Å². The van der Waals surface area contributed by atoms with Gasteiger partial charge >= 0.3 is 5.97 Å². The second-order valence-corrected chi connectivity index (χ2v) is 7.50. The molecule has 9 heteroatoms. The van der Waals surface area contributed by atoms with Crippen LogP contribution >= 0.6 is 11.6 Å². The molecular formula is C16H13ClFNO5S. The van der Waals surface area contributed by atoms with E-state index in [9.17, 15) is 22.4 Å². The Balaban J connectivity index is 1.95. The number of halogens is 2. The van der Waals surface area contributed by atoms with Crippen LogP contribution in [-0.4, -0.2) is 33.2 Å². The molecule has 0 heterocycles. The Bertz CT molecular complexity index is 913. The second-order valence-electron chi connectivity index (χ2n) is 5.05. The van der Waals surface area contributed by atoms with E-state index in [0.29, 0.717) is 0 Å². The van der Waals surface area contributed by atoms with E-state index in [-0.39, 0.29) is 21.2 Å². The molecular weight excluding hydrogens is 373 g/mol. The van der Waals surface area contributed by atoms with Gasteiger partial charge in [0.25, 0.3) is 5.91 Å². The average molecular weight is 386 g/mol. The van der Waals surface area contributed by atoms with Crippen molar-refractivity contribution in [2.75, 3.05) is 18.2 Å². The van der Waals surface area contributed by atoms with Gasteiger partial charge in [-0.2, -0.15) is 0 Å². The normalized spacial score (nSPS) is 11.0. The summed E-state index contributed by atoms with van der Waals surface area (Å²) in [6.07, 6.45) is 1.04. The van der Waals surface area contributed by atoms with E-state index in [0.717, 1.165) is 12.3 Å². The maximum absolute atomic E-state index is 13.5. The number of carbonyl (C=O) groups excluding carboxylic acids is 2. The Labute approximate surface area is 148 Å². The third kappa shape index (κ3) is 5.27. The van der Waals surface area contributed by atoms with Gasteiger partial charge in [-0.05, 0) is 42.5 Å². The Morgan fingerprint density at radius 2 is 1.80 bits per heavy atom. The zero-order chi connectivity index (χ0) is 18.6. The number of ether oxygens (including phenoxy) is 1. The highest BCUT2D eigenvalue weighted by molar-refractivity contribution is 7.90. The summed E-state index contributed by atoms with van der Waals surface area (Å²) in [6.45, 7) is -0.640. The molecule has 0 fully saturated rings. The smallest absolute Gasteiger partial charge is 0.338 e. The van der Waals surface area contributed by atoms with Gasteiger partial charge < -0.3 is 10.1 Å². The van der Waals surface area contributed by atoms with E-state index in [4.69, 9.17) is 16.3 Å². The number of rotatable bonds is 5. The van der Waals surface area contributed by atoms with Crippen LogP contribution in [-0.2, 0) is 19.4 Å². The molecule has 2 aromatic carbocycles. The minimum Gasteiger partial charge on any atom is -0.452 e. The van der Waals surface area contributed by atoms with E-state index in [1.165, 1.54) is 36.4 Å². The maximum Gasteiger partial charge on any atom is 0.338 e. The van der Waals surface area contributed by atoms with Gasteiger partial charge in [0.05, 0.1) is 16.1 Å². The van der Waals surface area contributed by atoms with Crippen molar-refractivity contribution in [1.29, 1.82) is 0 Å². The quantitative estimate of drug-likeness (QED) is 0.799. The highest BCUT2D eigenvalue weighted by Crippen LogP contribution is 2.19. The number of benzene rings is 2.